The van der Waals surface area contributed by atoms with E-state index in [0.717, 1.165) is 22.3 Å². The molecule has 2 atom stereocenters. The molecule has 7 nitrogen and oxygen atoms in total. The molecular formula is C26H32N2O5. The van der Waals surface area contributed by atoms with Gasteiger partial charge in [-0.25, -0.2) is 4.79 Å². The molecule has 2 N–H and O–H groups in total. The number of nitrogens with zero attached hydrogens (tertiary/aromatic N) is 1. The van der Waals surface area contributed by atoms with Crippen LogP contribution in [0.3, 0.4) is 0 Å². The van der Waals surface area contributed by atoms with Crippen LogP contribution in [0.5, 0.6) is 0 Å². The Morgan fingerprint density at radius 3 is 2.03 bits per heavy atom. The average molecular weight is 453 g/mol. The van der Waals surface area contributed by atoms with Gasteiger partial charge < -0.3 is 20.1 Å². The van der Waals surface area contributed by atoms with Crippen LogP contribution in [-0.4, -0.2) is 53.7 Å². The van der Waals surface area contributed by atoms with Crippen molar-refractivity contribution < 1.29 is 24.2 Å². The van der Waals surface area contributed by atoms with Gasteiger partial charge >= 0.3 is 12.1 Å². The molecule has 0 heterocycles. The number of benzene rings is 2. The molecule has 0 saturated heterocycles. The lowest BCUT2D eigenvalue weighted by molar-refractivity contribution is -0.143. The topological polar surface area (TPSA) is 95.9 Å². The summed E-state index contributed by atoms with van der Waals surface area (Å²) >= 11 is 0. The van der Waals surface area contributed by atoms with E-state index in [1.807, 2.05) is 50.2 Å². The SMILES string of the molecule is CCN(CC(C)C(=O)O)C(=O)[C@H](NC(=O)OCC1c2ccccc2-c2ccccc21)C(C)C. The van der Waals surface area contributed by atoms with Crippen LogP contribution >= 0.6 is 0 Å². The molecular weight excluding hydrogens is 420 g/mol. The van der Waals surface area contributed by atoms with Crippen molar-refractivity contribution >= 4 is 18.0 Å². The van der Waals surface area contributed by atoms with E-state index < -0.39 is 24.0 Å². The molecule has 2 amide bonds. The zero-order valence-electron chi connectivity index (χ0n) is 19.6. The van der Waals surface area contributed by atoms with Crippen LogP contribution in [0.15, 0.2) is 48.5 Å². The lowest BCUT2D eigenvalue weighted by Crippen LogP contribution is -2.52. The fourth-order valence-electron chi connectivity index (χ4n) is 4.26. The molecule has 0 radical (unpaired) electrons. The van der Waals surface area contributed by atoms with Crippen molar-refractivity contribution in [1.29, 1.82) is 0 Å². The van der Waals surface area contributed by atoms with Crippen LogP contribution in [0.4, 0.5) is 4.79 Å². The average Bonchev–Trinajstić information content (AvgIpc) is 3.12. The number of rotatable bonds is 9. The van der Waals surface area contributed by atoms with Gasteiger partial charge in [-0.15, -0.1) is 0 Å². The first kappa shape index (κ1) is 24.3. The van der Waals surface area contributed by atoms with E-state index >= 15 is 0 Å². The number of carboxylic acids is 1. The summed E-state index contributed by atoms with van der Waals surface area (Å²) in [5, 5.41) is 11.9. The van der Waals surface area contributed by atoms with E-state index in [4.69, 9.17) is 4.74 Å². The van der Waals surface area contributed by atoms with E-state index in [9.17, 15) is 19.5 Å². The van der Waals surface area contributed by atoms with Gasteiger partial charge in [-0.1, -0.05) is 69.3 Å². The van der Waals surface area contributed by atoms with Crippen LogP contribution in [-0.2, 0) is 14.3 Å². The van der Waals surface area contributed by atoms with Gasteiger partial charge in [0.15, 0.2) is 0 Å². The van der Waals surface area contributed by atoms with Gasteiger partial charge in [0.05, 0.1) is 5.92 Å². The van der Waals surface area contributed by atoms with Gasteiger partial charge in [0.1, 0.15) is 12.6 Å². The largest absolute Gasteiger partial charge is 0.481 e. The van der Waals surface area contributed by atoms with E-state index in [1.165, 1.54) is 4.90 Å². The monoisotopic (exact) mass is 452 g/mol. The fourth-order valence-corrected chi connectivity index (χ4v) is 4.26. The van der Waals surface area contributed by atoms with E-state index in [0.29, 0.717) is 6.54 Å². The normalized spacial score (nSPS) is 14.2. The summed E-state index contributed by atoms with van der Waals surface area (Å²) in [6.45, 7) is 7.61. The number of ether oxygens (including phenoxy) is 1. The molecule has 1 aliphatic carbocycles. The van der Waals surface area contributed by atoms with Crippen LogP contribution in [0.2, 0.25) is 0 Å². The highest BCUT2D eigenvalue weighted by Gasteiger charge is 2.32. The van der Waals surface area contributed by atoms with Crippen molar-refractivity contribution in [3.05, 3.63) is 59.7 Å². The van der Waals surface area contributed by atoms with Crippen molar-refractivity contribution in [2.45, 2.75) is 39.7 Å². The minimum Gasteiger partial charge on any atom is -0.481 e. The molecule has 3 rings (SSSR count). The first-order valence-electron chi connectivity index (χ1n) is 11.4. The number of amides is 2. The number of hydrogen-bond acceptors (Lipinski definition) is 4. The summed E-state index contributed by atoms with van der Waals surface area (Å²) in [6, 6.07) is 15.4. The van der Waals surface area contributed by atoms with Crippen molar-refractivity contribution in [2.24, 2.45) is 11.8 Å². The van der Waals surface area contributed by atoms with Gasteiger partial charge in [0.2, 0.25) is 5.91 Å². The van der Waals surface area contributed by atoms with Crippen molar-refractivity contribution in [3.63, 3.8) is 0 Å². The van der Waals surface area contributed by atoms with Crippen molar-refractivity contribution in [3.8, 4) is 11.1 Å². The Hall–Kier alpha value is -3.35. The Morgan fingerprint density at radius 1 is 1.00 bits per heavy atom. The molecule has 1 aliphatic rings. The molecule has 7 heteroatoms. The molecule has 0 aromatic heterocycles. The summed E-state index contributed by atoms with van der Waals surface area (Å²) < 4.78 is 5.59. The maximum atomic E-state index is 13.1. The zero-order chi connectivity index (χ0) is 24.1. The molecule has 176 valence electrons. The fraction of sp³-hybridized carbons (Fsp3) is 0.423. The number of likely N-dealkylation sites (N-methyl/N-ethyl adjacent to an activating group) is 1. The highest BCUT2D eigenvalue weighted by Crippen LogP contribution is 2.44. The Morgan fingerprint density at radius 2 is 1.55 bits per heavy atom. The number of alkyl carbamates (subject to hydrolysis) is 1. The Bertz CT molecular complexity index is 974. The second-order valence-corrected chi connectivity index (χ2v) is 8.81. The molecule has 0 fully saturated rings. The molecule has 0 spiro atoms. The summed E-state index contributed by atoms with van der Waals surface area (Å²) in [7, 11) is 0. The summed E-state index contributed by atoms with van der Waals surface area (Å²) in [5.74, 6) is -2.23. The molecule has 1 unspecified atom stereocenters. The van der Waals surface area contributed by atoms with Crippen LogP contribution in [0.25, 0.3) is 11.1 Å². The minimum absolute atomic E-state index is 0.0695. The predicted octanol–water partition coefficient (Wildman–Crippen LogP) is 4.12. The summed E-state index contributed by atoms with van der Waals surface area (Å²) in [5.41, 5.74) is 4.51. The quantitative estimate of drug-likeness (QED) is 0.597. The van der Waals surface area contributed by atoms with Crippen LogP contribution in [0.1, 0.15) is 44.7 Å². The molecule has 2 aromatic carbocycles. The predicted molar refractivity (Wildman–Crippen MR) is 126 cm³/mol. The molecule has 0 aliphatic heterocycles. The highest BCUT2D eigenvalue weighted by atomic mass is 16.5. The second-order valence-electron chi connectivity index (χ2n) is 8.81. The number of fused-ring (bicyclic) bond motifs is 3. The third-order valence-corrected chi connectivity index (χ3v) is 6.16. The van der Waals surface area contributed by atoms with Gasteiger partial charge in [-0.3, -0.25) is 9.59 Å². The van der Waals surface area contributed by atoms with Gasteiger partial charge in [0.25, 0.3) is 0 Å². The number of aliphatic carboxylic acids is 1. The number of carbonyl (C=O) groups is 3. The van der Waals surface area contributed by atoms with Gasteiger partial charge in [-0.2, -0.15) is 0 Å². The third-order valence-electron chi connectivity index (χ3n) is 6.16. The zero-order valence-corrected chi connectivity index (χ0v) is 19.6. The maximum absolute atomic E-state index is 13.1. The van der Waals surface area contributed by atoms with Gasteiger partial charge in [-0.05, 0) is 35.1 Å². The van der Waals surface area contributed by atoms with Crippen LogP contribution in [0, 0.1) is 11.8 Å². The number of nitrogens with one attached hydrogen (secondary N) is 1. The number of carboxylic acid groups (broad SMARTS) is 1. The van der Waals surface area contributed by atoms with Crippen molar-refractivity contribution in [2.75, 3.05) is 19.7 Å². The smallest absolute Gasteiger partial charge is 0.407 e. The number of hydrogen-bond donors (Lipinski definition) is 2. The van der Waals surface area contributed by atoms with E-state index in [2.05, 4.69) is 17.4 Å². The Balaban J connectivity index is 1.67. The Labute approximate surface area is 194 Å². The summed E-state index contributed by atoms with van der Waals surface area (Å²) in [6.07, 6.45) is -0.661. The first-order valence-corrected chi connectivity index (χ1v) is 11.4. The van der Waals surface area contributed by atoms with E-state index in [1.54, 1.807) is 13.8 Å². The minimum atomic E-state index is -0.966. The lowest BCUT2D eigenvalue weighted by Gasteiger charge is -2.30. The van der Waals surface area contributed by atoms with Gasteiger partial charge in [0, 0.05) is 19.0 Å². The first-order chi connectivity index (χ1) is 15.7. The Kier molecular flexibility index (Phi) is 7.74. The molecule has 0 saturated carbocycles. The third kappa shape index (κ3) is 5.35. The molecule has 0 bridgehead atoms. The van der Waals surface area contributed by atoms with E-state index in [-0.39, 0.29) is 30.9 Å². The summed E-state index contributed by atoms with van der Waals surface area (Å²) in [4.78, 5) is 38.4. The standard InChI is InChI=1S/C26H32N2O5/c1-5-28(14-17(4)25(30)31)24(29)23(16(2)3)27-26(32)33-15-22-20-12-8-6-10-18(20)19-11-7-9-13-21(19)22/h6-13,16-17,22-23H,5,14-15H2,1-4H3,(H,27,32)(H,30,31)/t17?,23-/m1/s1. The second kappa shape index (κ2) is 10.5. The highest BCUT2D eigenvalue weighted by molar-refractivity contribution is 5.86. The molecule has 2 aromatic rings. The number of carbonyl (C=O) groups excluding carboxylic acids is 2. The lowest BCUT2D eigenvalue weighted by atomic mass is 9.98. The molecule has 33 heavy (non-hydrogen) atoms. The van der Waals surface area contributed by atoms with Crippen LogP contribution < -0.4 is 5.32 Å². The van der Waals surface area contributed by atoms with Crippen molar-refractivity contribution in [1.82, 2.24) is 10.2 Å². The maximum Gasteiger partial charge on any atom is 0.407 e.